The summed E-state index contributed by atoms with van der Waals surface area (Å²) < 4.78 is 10.8. The smallest absolute Gasteiger partial charge is 0.316 e. The standard InChI is InChI=1S/C11H16N2O3/c1-8-3-6-15-9(10(8)14)7-16-11-12-4-2-5-13-11/h2,4-5,8-10,14H,3,6-7H2,1H3. The topological polar surface area (TPSA) is 64.5 Å². The van der Waals surface area contributed by atoms with Crippen molar-refractivity contribution in [1.29, 1.82) is 0 Å². The number of hydrogen-bond acceptors (Lipinski definition) is 5. The highest BCUT2D eigenvalue weighted by Crippen LogP contribution is 2.20. The van der Waals surface area contributed by atoms with E-state index in [0.29, 0.717) is 12.6 Å². The highest BCUT2D eigenvalue weighted by atomic mass is 16.5. The van der Waals surface area contributed by atoms with Crippen LogP contribution in [-0.4, -0.2) is 40.5 Å². The van der Waals surface area contributed by atoms with Gasteiger partial charge in [0.05, 0.1) is 6.10 Å². The molecular formula is C11H16N2O3. The molecule has 88 valence electrons. The first kappa shape index (κ1) is 11.3. The van der Waals surface area contributed by atoms with E-state index in [2.05, 4.69) is 9.97 Å². The van der Waals surface area contributed by atoms with Crippen LogP contribution in [0.5, 0.6) is 6.01 Å². The van der Waals surface area contributed by atoms with Gasteiger partial charge in [-0.1, -0.05) is 6.92 Å². The van der Waals surface area contributed by atoms with Gasteiger partial charge in [-0.25, -0.2) is 9.97 Å². The maximum atomic E-state index is 9.87. The highest BCUT2D eigenvalue weighted by molar-refractivity contribution is 4.94. The van der Waals surface area contributed by atoms with E-state index in [1.807, 2.05) is 6.92 Å². The van der Waals surface area contributed by atoms with Crippen LogP contribution in [0.15, 0.2) is 18.5 Å². The summed E-state index contributed by atoms with van der Waals surface area (Å²) >= 11 is 0. The minimum Gasteiger partial charge on any atom is -0.461 e. The molecule has 5 nitrogen and oxygen atoms in total. The third-order valence-corrected chi connectivity index (χ3v) is 2.79. The fourth-order valence-electron chi connectivity index (χ4n) is 1.70. The van der Waals surface area contributed by atoms with Gasteiger partial charge in [0.1, 0.15) is 12.7 Å². The van der Waals surface area contributed by atoms with E-state index in [4.69, 9.17) is 9.47 Å². The fraction of sp³-hybridized carbons (Fsp3) is 0.636. The number of rotatable bonds is 3. The van der Waals surface area contributed by atoms with Crippen molar-refractivity contribution in [2.24, 2.45) is 5.92 Å². The lowest BCUT2D eigenvalue weighted by Gasteiger charge is -2.32. The molecule has 0 aromatic carbocycles. The van der Waals surface area contributed by atoms with Crippen molar-refractivity contribution in [3.8, 4) is 6.01 Å². The molecule has 0 aliphatic carbocycles. The summed E-state index contributed by atoms with van der Waals surface area (Å²) in [6.07, 6.45) is 3.36. The lowest BCUT2D eigenvalue weighted by Crippen LogP contribution is -2.43. The Morgan fingerprint density at radius 3 is 3.00 bits per heavy atom. The van der Waals surface area contributed by atoms with Crippen LogP contribution >= 0.6 is 0 Å². The molecule has 3 unspecified atom stereocenters. The molecule has 1 aromatic heterocycles. The van der Waals surface area contributed by atoms with Crippen molar-refractivity contribution in [1.82, 2.24) is 9.97 Å². The van der Waals surface area contributed by atoms with Crippen LogP contribution in [0.1, 0.15) is 13.3 Å². The van der Waals surface area contributed by atoms with Gasteiger partial charge in [0, 0.05) is 19.0 Å². The number of aliphatic hydroxyl groups is 1. The Hall–Kier alpha value is -1.20. The van der Waals surface area contributed by atoms with Crippen molar-refractivity contribution in [3.63, 3.8) is 0 Å². The Morgan fingerprint density at radius 1 is 1.50 bits per heavy atom. The summed E-state index contributed by atoms with van der Waals surface area (Å²) in [6, 6.07) is 2.04. The van der Waals surface area contributed by atoms with Gasteiger partial charge in [-0.05, 0) is 18.4 Å². The van der Waals surface area contributed by atoms with Crippen molar-refractivity contribution < 1.29 is 14.6 Å². The molecule has 1 aromatic rings. The van der Waals surface area contributed by atoms with E-state index in [1.165, 1.54) is 0 Å². The molecule has 3 atom stereocenters. The van der Waals surface area contributed by atoms with E-state index in [0.717, 1.165) is 6.42 Å². The van der Waals surface area contributed by atoms with Gasteiger partial charge in [0.15, 0.2) is 0 Å². The normalized spacial score (nSPS) is 30.0. The highest BCUT2D eigenvalue weighted by Gasteiger charge is 2.30. The Bertz CT molecular complexity index is 320. The molecule has 0 amide bonds. The molecular weight excluding hydrogens is 208 g/mol. The largest absolute Gasteiger partial charge is 0.461 e. The first-order valence-corrected chi connectivity index (χ1v) is 5.47. The second kappa shape index (κ2) is 5.23. The van der Waals surface area contributed by atoms with Crippen molar-refractivity contribution >= 4 is 0 Å². The Morgan fingerprint density at radius 2 is 2.25 bits per heavy atom. The maximum Gasteiger partial charge on any atom is 0.316 e. The molecule has 0 radical (unpaired) electrons. The minimum atomic E-state index is -0.475. The zero-order valence-electron chi connectivity index (χ0n) is 9.24. The van der Waals surface area contributed by atoms with E-state index < -0.39 is 6.10 Å². The van der Waals surface area contributed by atoms with Crippen LogP contribution in [0.4, 0.5) is 0 Å². The summed E-state index contributed by atoms with van der Waals surface area (Å²) in [6.45, 7) is 2.97. The number of aromatic nitrogens is 2. The average Bonchev–Trinajstić information content (AvgIpc) is 2.32. The summed E-state index contributed by atoms with van der Waals surface area (Å²) in [5, 5.41) is 9.87. The third-order valence-electron chi connectivity index (χ3n) is 2.79. The lowest BCUT2D eigenvalue weighted by atomic mass is 9.94. The molecule has 1 N–H and O–H groups in total. The van der Waals surface area contributed by atoms with E-state index in [9.17, 15) is 5.11 Å². The van der Waals surface area contributed by atoms with Crippen LogP contribution in [0, 0.1) is 5.92 Å². The summed E-state index contributed by atoms with van der Waals surface area (Å²) in [5.41, 5.74) is 0. The summed E-state index contributed by atoms with van der Waals surface area (Å²) in [7, 11) is 0. The Kier molecular flexibility index (Phi) is 3.69. The molecule has 0 saturated carbocycles. The van der Waals surface area contributed by atoms with Gasteiger partial charge in [-0.2, -0.15) is 0 Å². The summed E-state index contributed by atoms with van der Waals surface area (Å²) in [4.78, 5) is 7.87. The zero-order valence-corrected chi connectivity index (χ0v) is 9.24. The molecule has 2 rings (SSSR count). The number of ether oxygens (including phenoxy) is 2. The van der Waals surface area contributed by atoms with E-state index in [1.54, 1.807) is 18.5 Å². The number of hydrogen-bond donors (Lipinski definition) is 1. The van der Waals surface area contributed by atoms with E-state index in [-0.39, 0.29) is 18.6 Å². The van der Waals surface area contributed by atoms with Gasteiger partial charge < -0.3 is 14.6 Å². The van der Waals surface area contributed by atoms with Crippen LogP contribution in [0.2, 0.25) is 0 Å². The van der Waals surface area contributed by atoms with E-state index >= 15 is 0 Å². The SMILES string of the molecule is CC1CCOC(COc2ncccn2)C1O. The van der Waals surface area contributed by atoms with Gasteiger partial charge >= 0.3 is 6.01 Å². The fourth-order valence-corrected chi connectivity index (χ4v) is 1.70. The molecule has 1 saturated heterocycles. The van der Waals surface area contributed by atoms with Gasteiger partial charge in [-0.3, -0.25) is 0 Å². The zero-order chi connectivity index (χ0) is 11.4. The first-order chi connectivity index (χ1) is 7.77. The van der Waals surface area contributed by atoms with Crippen LogP contribution in [0.3, 0.4) is 0 Å². The molecule has 1 fully saturated rings. The third kappa shape index (κ3) is 2.68. The minimum absolute atomic E-state index is 0.249. The quantitative estimate of drug-likeness (QED) is 0.816. The van der Waals surface area contributed by atoms with Gasteiger partial charge in [0.25, 0.3) is 0 Å². The van der Waals surface area contributed by atoms with Crippen LogP contribution < -0.4 is 4.74 Å². The van der Waals surface area contributed by atoms with Crippen molar-refractivity contribution in [2.45, 2.75) is 25.6 Å². The second-order valence-corrected chi connectivity index (χ2v) is 4.01. The molecule has 1 aliphatic rings. The Labute approximate surface area is 94.4 Å². The number of aliphatic hydroxyl groups excluding tert-OH is 1. The van der Waals surface area contributed by atoms with Crippen molar-refractivity contribution in [3.05, 3.63) is 18.5 Å². The lowest BCUT2D eigenvalue weighted by molar-refractivity contribution is -0.115. The predicted octanol–water partition coefficient (Wildman–Crippen LogP) is 0.641. The predicted molar refractivity (Wildman–Crippen MR) is 57.1 cm³/mol. The van der Waals surface area contributed by atoms with Crippen LogP contribution in [-0.2, 0) is 4.74 Å². The molecule has 2 heterocycles. The monoisotopic (exact) mass is 224 g/mol. The molecule has 16 heavy (non-hydrogen) atoms. The van der Waals surface area contributed by atoms with Crippen molar-refractivity contribution in [2.75, 3.05) is 13.2 Å². The molecule has 0 bridgehead atoms. The first-order valence-electron chi connectivity index (χ1n) is 5.47. The molecule has 5 heteroatoms. The van der Waals surface area contributed by atoms with Crippen LogP contribution in [0.25, 0.3) is 0 Å². The van der Waals surface area contributed by atoms with Gasteiger partial charge in [0.2, 0.25) is 0 Å². The average molecular weight is 224 g/mol. The second-order valence-electron chi connectivity index (χ2n) is 4.01. The Balaban J connectivity index is 1.85. The number of nitrogens with zero attached hydrogens (tertiary/aromatic N) is 2. The van der Waals surface area contributed by atoms with Gasteiger partial charge in [-0.15, -0.1) is 0 Å². The molecule has 0 spiro atoms. The maximum absolute atomic E-state index is 9.87. The molecule has 1 aliphatic heterocycles. The summed E-state index contributed by atoms with van der Waals surface area (Å²) in [5.74, 6) is 0.249.